The van der Waals surface area contributed by atoms with Crippen LogP contribution in [0.3, 0.4) is 0 Å². The zero-order valence-electron chi connectivity index (χ0n) is 15.1. The van der Waals surface area contributed by atoms with Crippen LogP contribution in [-0.4, -0.2) is 47.9 Å². The summed E-state index contributed by atoms with van der Waals surface area (Å²) < 4.78 is 0. The lowest BCUT2D eigenvalue weighted by Crippen LogP contribution is -2.72. The average molecular weight is 335 g/mol. The molecule has 0 aromatic carbocycles. The van der Waals surface area contributed by atoms with Gasteiger partial charge in [0.2, 0.25) is 11.8 Å². The summed E-state index contributed by atoms with van der Waals surface area (Å²) in [5.74, 6) is 0.874. The molecule has 0 bridgehead atoms. The maximum absolute atomic E-state index is 13.2. The van der Waals surface area contributed by atoms with Crippen molar-refractivity contribution in [2.45, 2.75) is 82.7 Å². The number of carbonyl (C=O) groups excluding carboxylic acids is 2. The molecular formula is C19H33N3O2. The average Bonchev–Trinajstić information content (AvgIpc) is 2.62. The maximum atomic E-state index is 13.2. The molecule has 2 saturated heterocycles. The third kappa shape index (κ3) is 3.46. The van der Waals surface area contributed by atoms with Gasteiger partial charge in [0.25, 0.3) is 0 Å². The number of rotatable bonds is 5. The highest BCUT2D eigenvalue weighted by atomic mass is 16.2. The molecule has 5 nitrogen and oxygen atoms in total. The van der Waals surface area contributed by atoms with Crippen molar-refractivity contribution < 1.29 is 9.59 Å². The van der Waals surface area contributed by atoms with E-state index in [1.165, 1.54) is 32.1 Å². The van der Waals surface area contributed by atoms with E-state index in [-0.39, 0.29) is 17.9 Å². The summed E-state index contributed by atoms with van der Waals surface area (Å²) in [7, 11) is 0. The minimum atomic E-state index is -0.597. The van der Waals surface area contributed by atoms with Crippen LogP contribution in [0.25, 0.3) is 0 Å². The van der Waals surface area contributed by atoms with Gasteiger partial charge in [0.15, 0.2) is 0 Å². The Bertz CT molecular complexity index is 454. The van der Waals surface area contributed by atoms with Crippen molar-refractivity contribution in [3.05, 3.63) is 0 Å². The molecule has 0 radical (unpaired) electrons. The molecule has 2 aliphatic heterocycles. The highest BCUT2D eigenvalue weighted by Gasteiger charge is 2.52. The molecule has 2 heterocycles. The summed E-state index contributed by atoms with van der Waals surface area (Å²) in [4.78, 5) is 28.2. The fraction of sp³-hybridized carbons (Fsp3) is 0.895. The van der Waals surface area contributed by atoms with Crippen molar-refractivity contribution in [3.8, 4) is 0 Å². The summed E-state index contributed by atoms with van der Waals surface area (Å²) >= 11 is 0. The minimum Gasteiger partial charge on any atom is -0.342 e. The Balaban J connectivity index is 1.75. The molecule has 5 heteroatoms. The first-order valence-corrected chi connectivity index (χ1v) is 10.0. The lowest BCUT2D eigenvalue weighted by atomic mass is 9.79. The van der Waals surface area contributed by atoms with Crippen LogP contribution in [0.1, 0.15) is 71.1 Å². The van der Waals surface area contributed by atoms with Gasteiger partial charge in [-0.3, -0.25) is 9.59 Å². The van der Waals surface area contributed by atoms with Crippen LogP contribution in [-0.2, 0) is 9.59 Å². The molecule has 1 saturated carbocycles. The van der Waals surface area contributed by atoms with Crippen molar-refractivity contribution >= 4 is 11.8 Å². The van der Waals surface area contributed by atoms with Gasteiger partial charge < -0.3 is 15.5 Å². The van der Waals surface area contributed by atoms with Crippen molar-refractivity contribution in [1.29, 1.82) is 0 Å². The van der Waals surface area contributed by atoms with Crippen LogP contribution >= 0.6 is 0 Å². The highest BCUT2D eigenvalue weighted by Crippen LogP contribution is 2.34. The molecule has 2 amide bonds. The minimum absolute atomic E-state index is 0.0977. The molecule has 0 unspecified atom stereocenters. The number of nitrogens with one attached hydrogen (secondary N) is 2. The number of unbranched alkanes of at least 4 members (excludes halogenated alkanes) is 1. The molecule has 24 heavy (non-hydrogen) atoms. The van der Waals surface area contributed by atoms with E-state index in [4.69, 9.17) is 0 Å². The Labute approximate surface area is 145 Å². The molecule has 3 aliphatic rings. The van der Waals surface area contributed by atoms with Crippen molar-refractivity contribution in [2.75, 3.05) is 19.6 Å². The second-order valence-corrected chi connectivity index (χ2v) is 7.89. The van der Waals surface area contributed by atoms with E-state index in [0.717, 1.165) is 51.7 Å². The van der Waals surface area contributed by atoms with E-state index in [9.17, 15) is 9.59 Å². The number of piperidine rings is 1. The topological polar surface area (TPSA) is 61.4 Å². The number of amides is 2. The largest absolute Gasteiger partial charge is 0.342 e. The summed E-state index contributed by atoms with van der Waals surface area (Å²) in [5, 5.41) is 6.45. The van der Waals surface area contributed by atoms with Gasteiger partial charge >= 0.3 is 0 Å². The third-order valence-electron chi connectivity index (χ3n) is 6.27. The normalized spacial score (nSPS) is 28.2. The molecule has 3 rings (SSSR count). The zero-order chi connectivity index (χ0) is 17.0. The number of nitrogens with zero attached hydrogens (tertiary/aromatic N) is 1. The smallest absolute Gasteiger partial charge is 0.246 e. The van der Waals surface area contributed by atoms with Crippen molar-refractivity contribution in [3.63, 3.8) is 0 Å². The molecule has 1 aliphatic carbocycles. The molecule has 136 valence electrons. The monoisotopic (exact) mass is 335 g/mol. The fourth-order valence-electron chi connectivity index (χ4n) is 4.77. The first kappa shape index (κ1) is 17.7. The van der Waals surface area contributed by atoms with Gasteiger partial charge in [0.1, 0.15) is 11.6 Å². The highest BCUT2D eigenvalue weighted by molar-refractivity contribution is 6.00. The molecule has 0 aromatic heterocycles. The van der Waals surface area contributed by atoms with E-state index in [0.29, 0.717) is 5.92 Å². The number of piperazine rings is 1. The first-order valence-electron chi connectivity index (χ1n) is 10.0. The number of carbonyl (C=O) groups is 2. The Morgan fingerprint density at radius 1 is 1.12 bits per heavy atom. The van der Waals surface area contributed by atoms with Gasteiger partial charge in [-0.25, -0.2) is 0 Å². The molecule has 0 aromatic rings. The van der Waals surface area contributed by atoms with Crippen LogP contribution in [0.4, 0.5) is 0 Å². The maximum Gasteiger partial charge on any atom is 0.246 e. The van der Waals surface area contributed by atoms with Gasteiger partial charge in [0.05, 0.1) is 0 Å². The summed E-state index contributed by atoms with van der Waals surface area (Å²) in [6.07, 6.45) is 10.6. The Morgan fingerprint density at radius 3 is 2.50 bits per heavy atom. The van der Waals surface area contributed by atoms with Gasteiger partial charge in [-0.2, -0.15) is 0 Å². The van der Waals surface area contributed by atoms with E-state index in [2.05, 4.69) is 17.6 Å². The van der Waals surface area contributed by atoms with Crippen LogP contribution in [0, 0.1) is 5.92 Å². The first-order chi connectivity index (χ1) is 11.7. The Hall–Kier alpha value is -1.10. The molecule has 2 N–H and O–H groups in total. The lowest BCUT2D eigenvalue weighted by molar-refractivity contribution is -0.160. The molecule has 1 spiro atoms. The van der Waals surface area contributed by atoms with Crippen LogP contribution in [0.15, 0.2) is 0 Å². The summed E-state index contributed by atoms with van der Waals surface area (Å²) in [6.45, 7) is 4.50. The molecular weight excluding hydrogens is 302 g/mol. The second kappa shape index (κ2) is 7.85. The zero-order valence-corrected chi connectivity index (χ0v) is 15.1. The van der Waals surface area contributed by atoms with E-state index in [1.807, 2.05) is 4.90 Å². The second-order valence-electron chi connectivity index (χ2n) is 7.89. The number of hydrogen-bond donors (Lipinski definition) is 2. The van der Waals surface area contributed by atoms with Crippen LogP contribution < -0.4 is 10.6 Å². The third-order valence-corrected chi connectivity index (χ3v) is 6.27. The standard InChI is InChI=1S/C19H33N3O2/c1-2-3-13-22-17(23)16(14-15-7-5-4-6-8-15)21-18(24)19(22)9-11-20-12-10-19/h15-16,20H,2-14H2,1H3,(H,21,24)/t16-/m1/s1. The van der Waals surface area contributed by atoms with Crippen LogP contribution in [0.5, 0.6) is 0 Å². The van der Waals surface area contributed by atoms with Crippen molar-refractivity contribution in [2.24, 2.45) is 5.92 Å². The van der Waals surface area contributed by atoms with Gasteiger partial charge in [-0.05, 0) is 44.7 Å². The van der Waals surface area contributed by atoms with Crippen LogP contribution in [0.2, 0.25) is 0 Å². The molecule has 3 fully saturated rings. The van der Waals surface area contributed by atoms with E-state index < -0.39 is 5.54 Å². The Kier molecular flexibility index (Phi) is 5.80. The fourth-order valence-corrected chi connectivity index (χ4v) is 4.77. The number of hydrogen-bond acceptors (Lipinski definition) is 3. The summed E-state index contributed by atoms with van der Waals surface area (Å²) in [5.41, 5.74) is -0.597. The molecule has 1 atom stereocenters. The summed E-state index contributed by atoms with van der Waals surface area (Å²) in [6, 6.07) is -0.294. The van der Waals surface area contributed by atoms with Gasteiger partial charge in [0, 0.05) is 6.54 Å². The predicted molar refractivity (Wildman–Crippen MR) is 94.6 cm³/mol. The van der Waals surface area contributed by atoms with Crippen molar-refractivity contribution in [1.82, 2.24) is 15.5 Å². The SMILES string of the molecule is CCCCN1C(=O)[C@@H](CC2CCCCC2)NC(=O)C12CCNCC2. The van der Waals surface area contributed by atoms with E-state index >= 15 is 0 Å². The lowest BCUT2D eigenvalue weighted by Gasteiger charge is -2.50. The quantitative estimate of drug-likeness (QED) is 0.810. The Morgan fingerprint density at radius 2 is 1.83 bits per heavy atom. The predicted octanol–water partition coefficient (Wildman–Crippen LogP) is 2.21. The van der Waals surface area contributed by atoms with E-state index in [1.54, 1.807) is 0 Å². The van der Waals surface area contributed by atoms with Gasteiger partial charge in [-0.1, -0.05) is 45.4 Å². The van der Waals surface area contributed by atoms with Gasteiger partial charge in [-0.15, -0.1) is 0 Å².